The van der Waals surface area contributed by atoms with Crippen LogP contribution in [0.5, 0.6) is 5.75 Å². The normalized spacial score (nSPS) is 12.4. The first-order chi connectivity index (χ1) is 8.22. The highest BCUT2D eigenvalue weighted by atomic mass is 32.2. The predicted molar refractivity (Wildman–Crippen MR) is 74.6 cm³/mol. The molecule has 0 aromatic heterocycles. The Labute approximate surface area is 107 Å². The van der Waals surface area contributed by atoms with Crippen LogP contribution in [0.3, 0.4) is 0 Å². The summed E-state index contributed by atoms with van der Waals surface area (Å²) in [6.45, 7) is 2.49. The number of unbranched alkanes of at least 4 members (excludes halogenated alkanes) is 1. The molecular formula is C13H21NO2S. The van der Waals surface area contributed by atoms with Crippen molar-refractivity contribution in [1.82, 2.24) is 0 Å². The van der Waals surface area contributed by atoms with E-state index in [4.69, 9.17) is 10.5 Å². The van der Waals surface area contributed by atoms with Crippen molar-refractivity contribution in [2.45, 2.75) is 25.9 Å². The second kappa shape index (κ2) is 8.25. The Morgan fingerprint density at radius 1 is 1.47 bits per heavy atom. The van der Waals surface area contributed by atoms with E-state index in [1.54, 1.807) is 17.8 Å². The molecule has 3 nitrogen and oxygen atoms in total. The lowest BCUT2D eigenvalue weighted by Gasteiger charge is -2.12. The molecule has 0 spiro atoms. The molecule has 17 heavy (non-hydrogen) atoms. The van der Waals surface area contributed by atoms with Crippen LogP contribution in [0.1, 0.15) is 19.8 Å². The van der Waals surface area contributed by atoms with Crippen LogP contribution in [0.2, 0.25) is 0 Å². The van der Waals surface area contributed by atoms with Gasteiger partial charge in [-0.3, -0.25) is 0 Å². The van der Waals surface area contributed by atoms with Gasteiger partial charge in [-0.05, 0) is 24.3 Å². The van der Waals surface area contributed by atoms with Gasteiger partial charge < -0.3 is 15.6 Å². The van der Waals surface area contributed by atoms with Crippen molar-refractivity contribution >= 4 is 17.4 Å². The van der Waals surface area contributed by atoms with Crippen molar-refractivity contribution in [3.8, 4) is 5.75 Å². The Bertz CT molecular complexity index is 320. The van der Waals surface area contributed by atoms with Crippen molar-refractivity contribution in [1.29, 1.82) is 0 Å². The third kappa shape index (κ3) is 6.44. The van der Waals surface area contributed by atoms with Gasteiger partial charge in [-0.2, -0.15) is 11.8 Å². The molecule has 0 fully saturated rings. The molecule has 1 atom stereocenters. The number of thioether (sulfide) groups is 1. The van der Waals surface area contributed by atoms with Gasteiger partial charge in [0, 0.05) is 17.5 Å². The molecule has 0 saturated heterocycles. The Morgan fingerprint density at radius 3 is 3.00 bits per heavy atom. The lowest BCUT2D eigenvalue weighted by atomic mass is 10.3. The summed E-state index contributed by atoms with van der Waals surface area (Å²) >= 11 is 1.77. The highest BCUT2D eigenvalue weighted by Gasteiger charge is 2.05. The largest absolute Gasteiger partial charge is 0.491 e. The summed E-state index contributed by atoms with van der Waals surface area (Å²) in [6, 6.07) is 7.25. The van der Waals surface area contributed by atoms with Crippen LogP contribution >= 0.6 is 11.8 Å². The van der Waals surface area contributed by atoms with Crippen molar-refractivity contribution in [3.63, 3.8) is 0 Å². The van der Waals surface area contributed by atoms with Gasteiger partial charge in [0.1, 0.15) is 12.4 Å². The van der Waals surface area contributed by atoms with Crippen LogP contribution in [-0.2, 0) is 0 Å². The summed E-state index contributed by atoms with van der Waals surface area (Å²) in [5.74, 6) is 2.54. The van der Waals surface area contributed by atoms with Crippen molar-refractivity contribution < 1.29 is 9.84 Å². The Balaban J connectivity index is 2.17. The third-order valence-corrected chi connectivity index (χ3v) is 3.45. The average molecular weight is 255 g/mol. The number of nitrogen functional groups attached to an aromatic ring is 1. The molecule has 96 valence electrons. The topological polar surface area (TPSA) is 55.5 Å². The smallest absolute Gasteiger partial charge is 0.121 e. The van der Waals surface area contributed by atoms with Gasteiger partial charge in [0.05, 0.1) is 6.10 Å². The summed E-state index contributed by atoms with van der Waals surface area (Å²) in [7, 11) is 0. The molecule has 0 saturated carbocycles. The number of ether oxygens (including phenoxy) is 1. The molecule has 1 unspecified atom stereocenters. The molecule has 0 radical (unpaired) electrons. The molecule has 0 amide bonds. The van der Waals surface area contributed by atoms with Gasteiger partial charge >= 0.3 is 0 Å². The maximum atomic E-state index is 9.70. The molecule has 1 rings (SSSR count). The van der Waals surface area contributed by atoms with Gasteiger partial charge in [-0.1, -0.05) is 19.4 Å². The average Bonchev–Trinajstić information content (AvgIpc) is 2.32. The lowest BCUT2D eigenvalue weighted by Crippen LogP contribution is -2.20. The van der Waals surface area contributed by atoms with Crippen molar-refractivity contribution in [2.24, 2.45) is 0 Å². The monoisotopic (exact) mass is 255 g/mol. The number of aliphatic hydroxyl groups excluding tert-OH is 1. The second-order valence-corrected chi connectivity index (χ2v) is 5.12. The van der Waals surface area contributed by atoms with Crippen LogP contribution in [0.15, 0.2) is 24.3 Å². The molecule has 0 aliphatic heterocycles. The zero-order valence-corrected chi connectivity index (χ0v) is 11.1. The molecule has 1 aromatic carbocycles. The summed E-state index contributed by atoms with van der Waals surface area (Å²) in [5, 5.41) is 9.70. The van der Waals surface area contributed by atoms with Crippen LogP contribution in [0.4, 0.5) is 5.69 Å². The molecule has 4 heteroatoms. The number of rotatable bonds is 8. The van der Waals surface area contributed by atoms with Crippen LogP contribution < -0.4 is 10.5 Å². The summed E-state index contributed by atoms with van der Waals surface area (Å²) in [4.78, 5) is 0. The van der Waals surface area contributed by atoms with E-state index in [0.717, 1.165) is 11.5 Å². The fourth-order valence-electron chi connectivity index (χ4n) is 1.31. The molecule has 0 aliphatic rings. The Morgan fingerprint density at radius 2 is 2.29 bits per heavy atom. The zero-order valence-electron chi connectivity index (χ0n) is 10.3. The number of hydrogen-bond donors (Lipinski definition) is 2. The number of anilines is 1. The standard InChI is InChI=1S/C13H21NO2S/c1-2-3-7-17-10-12(15)9-16-13-6-4-5-11(14)8-13/h4-6,8,12,15H,2-3,7,9-10,14H2,1H3. The van der Waals surface area contributed by atoms with Crippen LogP contribution in [-0.4, -0.2) is 29.3 Å². The Hall–Kier alpha value is -0.870. The summed E-state index contributed by atoms with van der Waals surface area (Å²) in [5.41, 5.74) is 6.31. The van der Waals surface area contributed by atoms with Gasteiger partial charge in [0.2, 0.25) is 0 Å². The maximum Gasteiger partial charge on any atom is 0.121 e. The molecule has 0 bridgehead atoms. The number of aliphatic hydroxyl groups is 1. The molecular weight excluding hydrogens is 234 g/mol. The van der Waals surface area contributed by atoms with Gasteiger partial charge in [-0.25, -0.2) is 0 Å². The maximum absolute atomic E-state index is 9.70. The van der Waals surface area contributed by atoms with Gasteiger partial charge in [0.15, 0.2) is 0 Å². The zero-order chi connectivity index (χ0) is 12.5. The van der Waals surface area contributed by atoms with Gasteiger partial charge in [-0.15, -0.1) is 0 Å². The fraction of sp³-hybridized carbons (Fsp3) is 0.538. The minimum atomic E-state index is -0.418. The quantitative estimate of drug-likeness (QED) is 0.553. The van der Waals surface area contributed by atoms with E-state index in [9.17, 15) is 5.11 Å². The first kappa shape index (κ1) is 14.2. The highest BCUT2D eigenvalue weighted by molar-refractivity contribution is 7.99. The van der Waals surface area contributed by atoms with E-state index in [1.807, 2.05) is 18.2 Å². The minimum absolute atomic E-state index is 0.322. The van der Waals surface area contributed by atoms with Crippen molar-refractivity contribution in [3.05, 3.63) is 24.3 Å². The fourth-order valence-corrected chi connectivity index (χ4v) is 2.34. The minimum Gasteiger partial charge on any atom is -0.491 e. The predicted octanol–water partition coefficient (Wildman–Crippen LogP) is 2.54. The first-order valence-corrected chi connectivity index (χ1v) is 7.12. The number of benzene rings is 1. The SMILES string of the molecule is CCCCSCC(O)COc1cccc(N)c1. The van der Waals surface area contributed by atoms with E-state index < -0.39 is 6.10 Å². The third-order valence-electron chi connectivity index (χ3n) is 2.25. The summed E-state index contributed by atoms with van der Waals surface area (Å²) < 4.78 is 5.46. The van der Waals surface area contributed by atoms with E-state index in [0.29, 0.717) is 18.0 Å². The molecule has 3 N–H and O–H groups in total. The van der Waals surface area contributed by atoms with Crippen LogP contribution in [0, 0.1) is 0 Å². The molecule has 1 aromatic rings. The first-order valence-electron chi connectivity index (χ1n) is 5.96. The highest BCUT2D eigenvalue weighted by Crippen LogP contribution is 2.15. The summed E-state index contributed by atoms with van der Waals surface area (Å²) in [6.07, 6.45) is 1.98. The second-order valence-electron chi connectivity index (χ2n) is 3.97. The lowest BCUT2D eigenvalue weighted by molar-refractivity contribution is 0.126. The number of nitrogens with two attached hydrogens (primary N) is 1. The van der Waals surface area contributed by atoms with E-state index >= 15 is 0 Å². The van der Waals surface area contributed by atoms with E-state index in [2.05, 4.69) is 6.92 Å². The van der Waals surface area contributed by atoms with Gasteiger partial charge in [0.25, 0.3) is 0 Å². The van der Waals surface area contributed by atoms with E-state index in [-0.39, 0.29) is 0 Å². The molecule has 0 aliphatic carbocycles. The molecule has 0 heterocycles. The number of hydrogen-bond acceptors (Lipinski definition) is 4. The van der Waals surface area contributed by atoms with Crippen molar-refractivity contribution in [2.75, 3.05) is 23.8 Å². The van der Waals surface area contributed by atoms with E-state index in [1.165, 1.54) is 12.8 Å². The Kier molecular flexibility index (Phi) is 6.89. The van der Waals surface area contributed by atoms with Crippen LogP contribution in [0.25, 0.3) is 0 Å².